The van der Waals surface area contributed by atoms with Gasteiger partial charge in [-0.15, -0.1) is 0 Å². The number of ether oxygens (including phenoxy) is 1. The number of hydrogen-bond donors (Lipinski definition) is 1. The number of nitrogens with one attached hydrogen (secondary N) is 1. The molecule has 0 aliphatic heterocycles. The van der Waals surface area contributed by atoms with E-state index in [4.69, 9.17) is 10.00 Å². The second-order valence-corrected chi connectivity index (χ2v) is 3.91. The van der Waals surface area contributed by atoms with Crippen molar-refractivity contribution in [2.24, 2.45) is 0 Å². The van der Waals surface area contributed by atoms with E-state index in [2.05, 4.69) is 11.4 Å². The van der Waals surface area contributed by atoms with E-state index in [1.54, 1.807) is 14.2 Å². The van der Waals surface area contributed by atoms with Crippen LogP contribution in [0.5, 0.6) is 5.75 Å². The van der Waals surface area contributed by atoms with E-state index in [0.717, 1.165) is 28.0 Å². The highest BCUT2D eigenvalue weighted by Crippen LogP contribution is 2.30. The van der Waals surface area contributed by atoms with Gasteiger partial charge in [0.2, 0.25) is 0 Å². The summed E-state index contributed by atoms with van der Waals surface area (Å²) in [7, 11) is 3.47. The Balaban J connectivity index is 3.42. The number of benzene rings is 1. The Labute approximate surface area is 97.0 Å². The van der Waals surface area contributed by atoms with Crippen LogP contribution in [0.25, 0.3) is 0 Å². The molecule has 1 rings (SSSR count). The standard InChI is InChI=1S/C13H18N2O/c1-8-6-12(16-5)9(2)10(3)13(8)11(7-14)15-4/h6,11,15H,1-5H3. The van der Waals surface area contributed by atoms with E-state index in [1.807, 2.05) is 26.8 Å². The number of hydrogen-bond acceptors (Lipinski definition) is 3. The molecule has 0 aliphatic rings. The molecule has 1 aromatic rings. The fraction of sp³-hybridized carbons (Fsp3) is 0.462. The maximum atomic E-state index is 9.10. The van der Waals surface area contributed by atoms with Crippen LogP contribution in [-0.2, 0) is 0 Å². The summed E-state index contributed by atoms with van der Waals surface area (Å²) in [5.41, 5.74) is 4.36. The molecule has 3 nitrogen and oxygen atoms in total. The molecule has 0 spiro atoms. The molecule has 0 saturated carbocycles. The van der Waals surface area contributed by atoms with Crippen LogP contribution in [0.1, 0.15) is 28.3 Å². The third-order valence-electron chi connectivity index (χ3n) is 3.03. The summed E-state index contributed by atoms with van der Waals surface area (Å²) >= 11 is 0. The quantitative estimate of drug-likeness (QED) is 0.847. The Bertz CT molecular complexity index is 433. The van der Waals surface area contributed by atoms with Gasteiger partial charge in [0.05, 0.1) is 13.2 Å². The third-order valence-corrected chi connectivity index (χ3v) is 3.03. The summed E-state index contributed by atoms with van der Waals surface area (Å²) in [6.07, 6.45) is 0. The van der Waals surface area contributed by atoms with E-state index in [0.29, 0.717) is 0 Å². The van der Waals surface area contributed by atoms with E-state index in [9.17, 15) is 0 Å². The first-order valence-corrected chi connectivity index (χ1v) is 5.28. The highest BCUT2D eigenvalue weighted by molar-refractivity contribution is 5.50. The van der Waals surface area contributed by atoms with E-state index in [1.165, 1.54) is 0 Å². The first-order chi connectivity index (χ1) is 7.56. The number of rotatable bonds is 3. The van der Waals surface area contributed by atoms with Gasteiger partial charge in [-0.3, -0.25) is 0 Å². The van der Waals surface area contributed by atoms with Crippen molar-refractivity contribution in [1.29, 1.82) is 5.26 Å². The first-order valence-electron chi connectivity index (χ1n) is 5.28. The largest absolute Gasteiger partial charge is 0.496 e. The molecule has 3 heteroatoms. The summed E-state index contributed by atoms with van der Waals surface area (Å²) in [6, 6.07) is 3.99. The van der Waals surface area contributed by atoms with Crippen LogP contribution >= 0.6 is 0 Å². The molecular weight excluding hydrogens is 200 g/mol. The van der Waals surface area contributed by atoms with Crippen LogP contribution in [0.2, 0.25) is 0 Å². The van der Waals surface area contributed by atoms with Gasteiger partial charge in [0, 0.05) is 0 Å². The summed E-state index contributed by atoms with van der Waals surface area (Å²) in [6.45, 7) is 6.05. The van der Waals surface area contributed by atoms with Crippen LogP contribution < -0.4 is 10.1 Å². The molecule has 16 heavy (non-hydrogen) atoms. The summed E-state index contributed by atoms with van der Waals surface area (Å²) in [5, 5.41) is 12.1. The Morgan fingerprint density at radius 2 is 1.94 bits per heavy atom. The highest BCUT2D eigenvalue weighted by atomic mass is 16.5. The van der Waals surface area contributed by atoms with Crippen molar-refractivity contribution in [3.8, 4) is 11.8 Å². The van der Waals surface area contributed by atoms with E-state index < -0.39 is 0 Å². The van der Waals surface area contributed by atoms with Gasteiger partial charge in [0.25, 0.3) is 0 Å². The van der Waals surface area contributed by atoms with Crippen molar-refractivity contribution in [2.45, 2.75) is 26.8 Å². The topological polar surface area (TPSA) is 45.0 Å². The van der Waals surface area contributed by atoms with Crippen LogP contribution in [0, 0.1) is 32.1 Å². The minimum atomic E-state index is -0.260. The Hall–Kier alpha value is -1.53. The molecule has 0 heterocycles. The van der Waals surface area contributed by atoms with Crippen LogP contribution in [0.3, 0.4) is 0 Å². The Morgan fingerprint density at radius 3 is 2.38 bits per heavy atom. The predicted molar refractivity (Wildman–Crippen MR) is 64.6 cm³/mol. The van der Waals surface area contributed by atoms with Gasteiger partial charge >= 0.3 is 0 Å². The predicted octanol–water partition coefficient (Wildman–Crippen LogP) is 2.40. The number of methoxy groups -OCH3 is 1. The molecular formula is C13H18N2O. The third kappa shape index (κ3) is 2.02. The highest BCUT2D eigenvalue weighted by Gasteiger charge is 2.17. The van der Waals surface area contributed by atoms with Crippen LogP contribution in [0.4, 0.5) is 0 Å². The molecule has 0 fully saturated rings. The maximum absolute atomic E-state index is 9.10. The molecule has 0 saturated heterocycles. The van der Waals surface area contributed by atoms with Gasteiger partial charge < -0.3 is 10.1 Å². The van der Waals surface area contributed by atoms with Crippen molar-refractivity contribution in [2.75, 3.05) is 14.2 Å². The van der Waals surface area contributed by atoms with Gasteiger partial charge in [-0.05, 0) is 56.1 Å². The maximum Gasteiger partial charge on any atom is 0.122 e. The minimum absolute atomic E-state index is 0.260. The smallest absolute Gasteiger partial charge is 0.122 e. The first kappa shape index (κ1) is 12.5. The normalized spacial score (nSPS) is 12.0. The average molecular weight is 218 g/mol. The van der Waals surface area contributed by atoms with Gasteiger partial charge in [-0.2, -0.15) is 5.26 Å². The van der Waals surface area contributed by atoms with Gasteiger partial charge in [-0.25, -0.2) is 0 Å². The fourth-order valence-electron chi connectivity index (χ4n) is 1.99. The lowest BCUT2D eigenvalue weighted by atomic mass is 9.93. The van der Waals surface area contributed by atoms with Crippen LogP contribution in [0.15, 0.2) is 6.07 Å². The monoisotopic (exact) mass is 218 g/mol. The summed E-state index contributed by atoms with van der Waals surface area (Å²) < 4.78 is 5.31. The molecule has 0 amide bonds. The molecule has 1 atom stereocenters. The lowest BCUT2D eigenvalue weighted by Gasteiger charge is -2.19. The molecule has 0 aliphatic carbocycles. The van der Waals surface area contributed by atoms with Crippen molar-refractivity contribution in [3.05, 3.63) is 28.3 Å². The SMILES string of the molecule is CNC(C#N)c1c(C)cc(OC)c(C)c1C. The van der Waals surface area contributed by atoms with E-state index >= 15 is 0 Å². The zero-order chi connectivity index (χ0) is 12.3. The van der Waals surface area contributed by atoms with Gasteiger partial charge in [0.1, 0.15) is 11.8 Å². The van der Waals surface area contributed by atoms with E-state index in [-0.39, 0.29) is 6.04 Å². The second-order valence-electron chi connectivity index (χ2n) is 3.91. The minimum Gasteiger partial charge on any atom is -0.496 e. The van der Waals surface area contributed by atoms with Crippen molar-refractivity contribution >= 4 is 0 Å². The number of aryl methyl sites for hydroxylation is 1. The van der Waals surface area contributed by atoms with Crippen molar-refractivity contribution < 1.29 is 4.74 Å². The molecule has 1 unspecified atom stereocenters. The number of nitriles is 1. The lowest BCUT2D eigenvalue weighted by Crippen LogP contribution is -2.17. The zero-order valence-corrected chi connectivity index (χ0v) is 10.5. The molecule has 0 radical (unpaired) electrons. The average Bonchev–Trinajstić information content (AvgIpc) is 2.29. The lowest BCUT2D eigenvalue weighted by molar-refractivity contribution is 0.410. The van der Waals surface area contributed by atoms with Crippen LogP contribution in [-0.4, -0.2) is 14.2 Å². The summed E-state index contributed by atoms with van der Waals surface area (Å²) in [4.78, 5) is 0. The van der Waals surface area contributed by atoms with Crippen molar-refractivity contribution in [3.63, 3.8) is 0 Å². The molecule has 0 aromatic heterocycles. The zero-order valence-electron chi connectivity index (χ0n) is 10.5. The number of nitrogens with zero attached hydrogens (tertiary/aromatic N) is 1. The summed E-state index contributed by atoms with van der Waals surface area (Å²) in [5.74, 6) is 0.881. The Morgan fingerprint density at radius 1 is 1.31 bits per heavy atom. The van der Waals surface area contributed by atoms with Gasteiger partial charge in [0.15, 0.2) is 0 Å². The van der Waals surface area contributed by atoms with Crippen molar-refractivity contribution in [1.82, 2.24) is 5.32 Å². The second kappa shape index (κ2) is 5.00. The molecule has 0 bridgehead atoms. The fourth-order valence-corrected chi connectivity index (χ4v) is 1.99. The molecule has 86 valence electrons. The van der Waals surface area contributed by atoms with Gasteiger partial charge in [-0.1, -0.05) is 0 Å². The molecule has 1 aromatic carbocycles. The molecule has 1 N–H and O–H groups in total. The Kier molecular flexibility index (Phi) is 3.92.